The van der Waals surface area contributed by atoms with Crippen LogP contribution in [0.15, 0.2) is 73.3 Å². The number of hydrogen-bond acceptors (Lipinski definition) is 2. The molecule has 2 aromatic heterocycles. The van der Waals surface area contributed by atoms with E-state index in [1.807, 2.05) is 48.5 Å². The zero-order valence-corrected chi connectivity index (χ0v) is 11.8. The predicted molar refractivity (Wildman–Crippen MR) is 86.9 cm³/mol. The molecular formula is C20H12N2. The molecule has 0 amide bonds. The van der Waals surface area contributed by atoms with Crippen LogP contribution >= 0.6 is 0 Å². The van der Waals surface area contributed by atoms with Gasteiger partial charge in [-0.1, -0.05) is 29.7 Å². The van der Waals surface area contributed by atoms with Gasteiger partial charge in [-0.3, -0.25) is 9.97 Å². The van der Waals surface area contributed by atoms with E-state index in [1.54, 1.807) is 24.8 Å². The standard InChI is InChI=1S/C20H12N2/c1-4-17(8-10-19-6-2-12-21-15-19)14-18(5-1)9-11-20-7-3-13-22-16-20/h1-7,12-16H. The van der Waals surface area contributed by atoms with E-state index in [4.69, 9.17) is 0 Å². The normalized spacial score (nSPS) is 9.09. The molecule has 0 saturated carbocycles. The van der Waals surface area contributed by atoms with Gasteiger partial charge >= 0.3 is 0 Å². The third-order valence-electron chi connectivity index (χ3n) is 2.89. The van der Waals surface area contributed by atoms with Gasteiger partial charge in [-0.15, -0.1) is 0 Å². The molecule has 0 aliphatic heterocycles. The van der Waals surface area contributed by atoms with Gasteiger partial charge in [0.15, 0.2) is 0 Å². The van der Waals surface area contributed by atoms with Crippen molar-refractivity contribution in [2.24, 2.45) is 0 Å². The zero-order valence-electron chi connectivity index (χ0n) is 11.8. The van der Waals surface area contributed by atoms with Crippen molar-refractivity contribution in [1.29, 1.82) is 0 Å². The lowest BCUT2D eigenvalue weighted by Crippen LogP contribution is -1.80. The number of pyridine rings is 2. The van der Waals surface area contributed by atoms with Crippen molar-refractivity contribution in [1.82, 2.24) is 9.97 Å². The van der Waals surface area contributed by atoms with Crippen LogP contribution in [-0.4, -0.2) is 9.97 Å². The second-order valence-corrected chi connectivity index (χ2v) is 4.56. The molecule has 2 nitrogen and oxygen atoms in total. The largest absolute Gasteiger partial charge is 0.263 e. The molecule has 3 aromatic rings. The summed E-state index contributed by atoms with van der Waals surface area (Å²) in [5.41, 5.74) is 3.66. The second-order valence-electron chi connectivity index (χ2n) is 4.56. The molecule has 0 aliphatic carbocycles. The molecule has 0 radical (unpaired) electrons. The summed E-state index contributed by atoms with van der Waals surface area (Å²) in [5, 5.41) is 0. The Hall–Kier alpha value is -3.36. The highest BCUT2D eigenvalue weighted by molar-refractivity contribution is 5.48. The summed E-state index contributed by atoms with van der Waals surface area (Å²) in [6.07, 6.45) is 6.97. The third-order valence-corrected chi connectivity index (χ3v) is 2.89. The fraction of sp³-hybridized carbons (Fsp3) is 0. The summed E-state index contributed by atoms with van der Waals surface area (Å²) in [6, 6.07) is 15.5. The van der Waals surface area contributed by atoms with Crippen LogP contribution < -0.4 is 0 Å². The van der Waals surface area contributed by atoms with Gasteiger partial charge in [-0.25, -0.2) is 0 Å². The molecule has 102 valence electrons. The van der Waals surface area contributed by atoms with Gasteiger partial charge in [0, 0.05) is 47.0 Å². The summed E-state index contributed by atoms with van der Waals surface area (Å²) < 4.78 is 0. The molecule has 0 fully saturated rings. The van der Waals surface area contributed by atoms with E-state index in [0.717, 1.165) is 22.3 Å². The van der Waals surface area contributed by atoms with Crippen molar-refractivity contribution in [3.05, 3.63) is 95.6 Å². The van der Waals surface area contributed by atoms with E-state index < -0.39 is 0 Å². The smallest absolute Gasteiger partial charge is 0.0432 e. The van der Waals surface area contributed by atoms with Crippen LogP contribution in [-0.2, 0) is 0 Å². The number of nitrogens with zero attached hydrogens (tertiary/aromatic N) is 2. The maximum atomic E-state index is 4.05. The number of benzene rings is 1. The first-order valence-electron chi connectivity index (χ1n) is 6.84. The van der Waals surface area contributed by atoms with Crippen LogP contribution in [0.5, 0.6) is 0 Å². The zero-order chi connectivity index (χ0) is 15.0. The molecule has 3 rings (SSSR count). The molecular weight excluding hydrogens is 268 g/mol. The Morgan fingerprint density at radius 1 is 0.545 bits per heavy atom. The van der Waals surface area contributed by atoms with Crippen LogP contribution in [0.25, 0.3) is 0 Å². The van der Waals surface area contributed by atoms with Crippen molar-refractivity contribution in [2.75, 3.05) is 0 Å². The summed E-state index contributed by atoms with van der Waals surface area (Å²) >= 11 is 0. The Morgan fingerprint density at radius 2 is 1.00 bits per heavy atom. The second kappa shape index (κ2) is 6.88. The Bertz CT molecular complexity index is 804. The first kappa shape index (κ1) is 13.6. The van der Waals surface area contributed by atoms with Crippen LogP contribution in [0.1, 0.15) is 22.3 Å². The van der Waals surface area contributed by atoms with Gasteiger partial charge in [0.1, 0.15) is 0 Å². The predicted octanol–water partition coefficient (Wildman–Crippen LogP) is 3.28. The molecule has 0 aliphatic rings. The highest BCUT2D eigenvalue weighted by atomic mass is 14.6. The van der Waals surface area contributed by atoms with Gasteiger partial charge in [-0.05, 0) is 42.5 Å². The lowest BCUT2D eigenvalue weighted by molar-refractivity contribution is 1.31. The van der Waals surface area contributed by atoms with Crippen LogP contribution in [0, 0.1) is 23.7 Å². The van der Waals surface area contributed by atoms with E-state index in [-0.39, 0.29) is 0 Å². The minimum atomic E-state index is 0.898. The topological polar surface area (TPSA) is 25.8 Å². The summed E-state index contributed by atoms with van der Waals surface area (Å²) in [7, 11) is 0. The fourth-order valence-corrected chi connectivity index (χ4v) is 1.84. The lowest BCUT2D eigenvalue weighted by Gasteiger charge is -1.93. The SMILES string of the molecule is C(#Cc1cccc(C#Cc2cccnc2)c1)c1cccnc1. The number of aromatic nitrogens is 2. The van der Waals surface area contributed by atoms with Gasteiger partial charge < -0.3 is 0 Å². The lowest BCUT2D eigenvalue weighted by atomic mass is 10.1. The van der Waals surface area contributed by atoms with E-state index in [0.29, 0.717) is 0 Å². The summed E-state index contributed by atoms with van der Waals surface area (Å²) in [6.45, 7) is 0. The molecule has 22 heavy (non-hydrogen) atoms. The Balaban J connectivity index is 1.82. The average Bonchev–Trinajstić information content (AvgIpc) is 2.60. The van der Waals surface area contributed by atoms with Gasteiger partial charge in [0.2, 0.25) is 0 Å². The molecule has 2 heterocycles. The van der Waals surface area contributed by atoms with E-state index in [2.05, 4.69) is 33.6 Å². The Labute approximate surface area is 129 Å². The monoisotopic (exact) mass is 280 g/mol. The van der Waals surface area contributed by atoms with Crippen molar-refractivity contribution < 1.29 is 0 Å². The van der Waals surface area contributed by atoms with Crippen molar-refractivity contribution in [3.63, 3.8) is 0 Å². The molecule has 0 N–H and O–H groups in total. The van der Waals surface area contributed by atoms with Crippen molar-refractivity contribution in [2.45, 2.75) is 0 Å². The molecule has 1 aromatic carbocycles. The highest BCUT2D eigenvalue weighted by Gasteiger charge is 1.91. The van der Waals surface area contributed by atoms with Gasteiger partial charge in [0.25, 0.3) is 0 Å². The van der Waals surface area contributed by atoms with Crippen LogP contribution in [0.3, 0.4) is 0 Å². The van der Waals surface area contributed by atoms with Gasteiger partial charge in [-0.2, -0.15) is 0 Å². The Morgan fingerprint density at radius 3 is 1.45 bits per heavy atom. The summed E-state index contributed by atoms with van der Waals surface area (Å²) in [4.78, 5) is 8.09. The van der Waals surface area contributed by atoms with Crippen molar-refractivity contribution >= 4 is 0 Å². The van der Waals surface area contributed by atoms with E-state index in [1.165, 1.54) is 0 Å². The van der Waals surface area contributed by atoms with E-state index >= 15 is 0 Å². The van der Waals surface area contributed by atoms with Crippen LogP contribution in [0.2, 0.25) is 0 Å². The molecule has 0 spiro atoms. The molecule has 0 unspecified atom stereocenters. The average molecular weight is 280 g/mol. The Kier molecular flexibility index (Phi) is 4.26. The van der Waals surface area contributed by atoms with Crippen LogP contribution in [0.4, 0.5) is 0 Å². The quantitative estimate of drug-likeness (QED) is 0.591. The molecule has 0 saturated heterocycles. The maximum Gasteiger partial charge on any atom is 0.0432 e. The fourth-order valence-electron chi connectivity index (χ4n) is 1.84. The van der Waals surface area contributed by atoms with Crippen molar-refractivity contribution in [3.8, 4) is 23.7 Å². The molecule has 2 heteroatoms. The van der Waals surface area contributed by atoms with E-state index in [9.17, 15) is 0 Å². The first-order chi connectivity index (χ1) is 10.9. The number of hydrogen-bond donors (Lipinski definition) is 0. The highest BCUT2D eigenvalue weighted by Crippen LogP contribution is 2.04. The minimum Gasteiger partial charge on any atom is -0.263 e. The molecule has 0 atom stereocenters. The third kappa shape index (κ3) is 3.82. The minimum absolute atomic E-state index is 0.898. The number of rotatable bonds is 0. The first-order valence-corrected chi connectivity index (χ1v) is 6.84. The molecule has 0 bridgehead atoms. The summed E-state index contributed by atoms with van der Waals surface area (Å²) in [5.74, 6) is 12.4. The maximum absolute atomic E-state index is 4.05. The van der Waals surface area contributed by atoms with Gasteiger partial charge in [0.05, 0.1) is 0 Å².